The third-order valence-electron chi connectivity index (χ3n) is 6.35. The quantitative estimate of drug-likeness (QED) is 0.406. The number of benzene rings is 1. The van der Waals surface area contributed by atoms with Gasteiger partial charge in [-0.05, 0) is 50.3 Å². The Bertz CT molecular complexity index is 1050. The van der Waals surface area contributed by atoms with Crippen molar-refractivity contribution >= 4 is 30.5 Å². The molecular weight excluding hydrogens is 455 g/mol. The van der Waals surface area contributed by atoms with Gasteiger partial charge in [0.05, 0.1) is 24.5 Å². The third-order valence-corrected chi connectivity index (χ3v) is 6.94. The number of carbonyl (C=O) groups is 2. The Kier molecular flexibility index (Phi) is 8.15. The number of esters is 1. The van der Waals surface area contributed by atoms with Crippen LogP contribution in [0.1, 0.15) is 56.3 Å². The van der Waals surface area contributed by atoms with E-state index in [9.17, 15) is 14.0 Å². The van der Waals surface area contributed by atoms with Crippen LogP contribution in [-0.4, -0.2) is 56.6 Å². The third kappa shape index (κ3) is 5.93. The van der Waals surface area contributed by atoms with Crippen LogP contribution in [0.2, 0.25) is 0 Å². The van der Waals surface area contributed by atoms with E-state index in [0.29, 0.717) is 44.6 Å². The van der Waals surface area contributed by atoms with Crippen molar-refractivity contribution in [1.82, 2.24) is 19.9 Å². The maximum atomic E-state index is 14.7. The van der Waals surface area contributed by atoms with E-state index in [2.05, 4.69) is 15.2 Å². The number of halogens is 1. The standard InChI is InChI=1S/C25H31FN4O3S/c1-2-33-23(31)8-5-12-30-19(15-27-28-30)14-18-16-29(13-11-22(18)34)24(25(32)17-9-10-17)20-6-3-4-7-21(20)26/h3-4,6-7,14-15,17,22,24,34H,2,5,8-13,16H2,1H3. The second-order valence-corrected chi connectivity index (χ2v) is 9.51. The number of thiol groups is 1. The molecule has 0 N–H and O–H groups in total. The Morgan fingerprint density at radius 1 is 1.29 bits per heavy atom. The highest BCUT2D eigenvalue weighted by Crippen LogP contribution is 2.39. The number of Topliss-reactive ketones (excluding diaryl/α,β-unsaturated/α-hetero) is 1. The van der Waals surface area contributed by atoms with Gasteiger partial charge in [0.1, 0.15) is 5.82 Å². The van der Waals surface area contributed by atoms with Crippen LogP contribution in [-0.2, 0) is 20.9 Å². The summed E-state index contributed by atoms with van der Waals surface area (Å²) in [6.07, 6.45) is 7.12. The number of hydrogen-bond acceptors (Lipinski definition) is 7. The molecule has 0 amide bonds. The van der Waals surface area contributed by atoms with Crippen LogP contribution in [0.5, 0.6) is 0 Å². The normalized spacial score (nSPS) is 20.9. The molecule has 182 valence electrons. The van der Waals surface area contributed by atoms with E-state index in [-0.39, 0.29) is 28.7 Å². The topological polar surface area (TPSA) is 77.3 Å². The van der Waals surface area contributed by atoms with Crippen molar-refractivity contribution in [2.75, 3.05) is 19.7 Å². The lowest BCUT2D eigenvalue weighted by molar-refractivity contribution is -0.143. The van der Waals surface area contributed by atoms with Gasteiger partial charge in [0, 0.05) is 42.8 Å². The molecule has 0 bridgehead atoms. The molecule has 1 saturated carbocycles. The molecule has 2 unspecified atom stereocenters. The van der Waals surface area contributed by atoms with Crippen LogP contribution < -0.4 is 0 Å². The SMILES string of the molecule is CCOC(=O)CCCn1nncc1C=C1CN(C(C(=O)C2CC2)c2ccccc2F)CCC1S. The minimum Gasteiger partial charge on any atom is -0.466 e. The first-order chi connectivity index (χ1) is 16.5. The number of hydrogen-bond donors (Lipinski definition) is 1. The van der Waals surface area contributed by atoms with Crippen molar-refractivity contribution in [3.63, 3.8) is 0 Å². The zero-order valence-corrected chi connectivity index (χ0v) is 20.3. The summed E-state index contributed by atoms with van der Waals surface area (Å²) in [7, 11) is 0. The molecule has 2 aromatic rings. The zero-order chi connectivity index (χ0) is 24.1. The van der Waals surface area contributed by atoms with Crippen LogP contribution in [0, 0.1) is 11.7 Å². The van der Waals surface area contributed by atoms with Gasteiger partial charge in [0.2, 0.25) is 0 Å². The maximum Gasteiger partial charge on any atom is 0.305 e. The smallest absolute Gasteiger partial charge is 0.305 e. The Morgan fingerprint density at radius 2 is 2.09 bits per heavy atom. The highest BCUT2D eigenvalue weighted by molar-refractivity contribution is 7.81. The molecule has 9 heteroatoms. The molecule has 2 aliphatic rings. The van der Waals surface area contributed by atoms with Gasteiger partial charge >= 0.3 is 5.97 Å². The van der Waals surface area contributed by atoms with Crippen LogP contribution in [0.15, 0.2) is 36.0 Å². The molecule has 2 fully saturated rings. The van der Waals surface area contributed by atoms with Crippen molar-refractivity contribution in [1.29, 1.82) is 0 Å². The number of aryl methyl sites for hydroxylation is 1. The number of aromatic nitrogens is 3. The first-order valence-corrected chi connectivity index (χ1v) is 12.4. The van der Waals surface area contributed by atoms with Crippen molar-refractivity contribution in [3.05, 3.63) is 53.1 Å². The Labute approximate surface area is 204 Å². The van der Waals surface area contributed by atoms with Crippen molar-refractivity contribution in [2.24, 2.45) is 5.92 Å². The Hall–Kier alpha value is -2.52. The summed E-state index contributed by atoms with van der Waals surface area (Å²) in [4.78, 5) is 26.9. The fraction of sp³-hybridized carbons (Fsp3) is 0.520. The summed E-state index contributed by atoms with van der Waals surface area (Å²) in [5.41, 5.74) is 2.30. The first-order valence-electron chi connectivity index (χ1n) is 11.9. The molecule has 7 nitrogen and oxygen atoms in total. The summed E-state index contributed by atoms with van der Waals surface area (Å²) >= 11 is 4.78. The minimum absolute atomic E-state index is 0.0239. The number of nitrogens with zero attached hydrogens (tertiary/aromatic N) is 4. The summed E-state index contributed by atoms with van der Waals surface area (Å²) in [5, 5.41) is 8.20. The molecule has 0 radical (unpaired) electrons. The molecule has 1 aliphatic carbocycles. The van der Waals surface area contributed by atoms with Gasteiger partial charge in [-0.15, -0.1) is 5.10 Å². The Balaban J connectivity index is 1.52. The molecule has 4 rings (SSSR count). The van der Waals surface area contributed by atoms with Crippen LogP contribution in [0.3, 0.4) is 0 Å². The fourth-order valence-electron chi connectivity index (χ4n) is 4.42. The van der Waals surface area contributed by atoms with Crippen LogP contribution in [0.25, 0.3) is 6.08 Å². The molecule has 1 saturated heterocycles. The highest BCUT2D eigenvalue weighted by Gasteiger charge is 2.40. The van der Waals surface area contributed by atoms with E-state index in [1.54, 1.807) is 36.0 Å². The molecule has 1 aromatic carbocycles. The summed E-state index contributed by atoms with van der Waals surface area (Å²) in [6, 6.07) is 5.99. The monoisotopic (exact) mass is 486 g/mol. The van der Waals surface area contributed by atoms with E-state index in [0.717, 1.165) is 30.5 Å². The first kappa shape index (κ1) is 24.6. The van der Waals surface area contributed by atoms with Crippen molar-refractivity contribution < 1.29 is 18.7 Å². The predicted octanol–water partition coefficient (Wildman–Crippen LogP) is 3.87. The molecule has 1 aromatic heterocycles. The molecule has 2 atom stereocenters. The number of carbonyl (C=O) groups excluding carboxylic acids is 2. The van der Waals surface area contributed by atoms with Gasteiger partial charge in [-0.2, -0.15) is 12.6 Å². The number of rotatable bonds is 10. The second kappa shape index (κ2) is 11.3. The predicted molar refractivity (Wildman–Crippen MR) is 130 cm³/mol. The van der Waals surface area contributed by atoms with Gasteiger partial charge < -0.3 is 4.74 Å². The van der Waals surface area contributed by atoms with Gasteiger partial charge in [0.15, 0.2) is 5.78 Å². The van der Waals surface area contributed by atoms with Gasteiger partial charge in [0.25, 0.3) is 0 Å². The van der Waals surface area contributed by atoms with E-state index in [4.69, 9.17) is 17.4 Å². The van der Waals surface area contributed by atoms with Gasteiger partial charge in [-0.25, -0.2) is 9.07 Å². The maximum absolute atomic E-state index is 14.7. The van der Waals surface area contributed by atoms with E-state index in [1.807, 2.05) is 6.08 Å². The van der Waals surface area contributed by atoms with E-state index >= 15 is 0 Å². The number of likely N-dealkylation sites (tertiary alicyclic amines) is 1. The second-order valence-electron chi connectivity index (χ2n) is 8.89. The Morgan fingerprint density at radius 3 is 2.82 bits per heavy atom. The number of ether oxygens (including phenoxy) is 1. The minimum atomic E-state index is -0.592. The highest BCUT2D eigenvalue weighted by atomic mass is 32.1. The molecular formula is C25H31FN4O3S. The van der Waals surface area contributed by atoms with E-state index < -0.39 is 6.04 Å². The lowest BCUT2D eigenvalue weighted by Crippen LogP contribution is -2.42. The van der Waals surface area contributed by atoms with Crippen LogP contribution >= 0.6 is 12.6 Å². The average Bonchev–Trinajstić information content (AvgIpc) is 3.58. The molecule has 2 heterocycles. The van der Waals surface area contributed by atoms with E-state index in [1.165, 1.54) is 6.07 Å². The summed E-state index contributed by atoms with van der Waals surface area (Å²) in [6.45, 7) is 3.88. The lowest BCUT2D eigenvalue weighted by Gasteiger charge is -2.37. The fourth-order valence-corrected chi connectivity index (χ4v) is 4.69. The van der Waals surface area contributed by atoms with Gasteiger partial charge in [-0.1, -0.05) is 23.4 Å². The zero-order valence-electron chi connectivity index (χ0n) is 19.4. The average molecular weight is 487 g/mol. The summed E-state index contributed by atoms with van der Waals surface area (Å²) < 4.78 is 21.5. The number of ketones is 1. The summed E-state index contributed by atoms with van der Waals surface area (Å²) in [5.74, 6) is -0.437. The molecule has 0 spiro atoms. The van der Waals surface area contributed by atoms with Gasteiger partial charge in [-0.3, -0.25) is 14.5 Å². The molecule has 34 heavy (non-hydrogen) atoms. The van der Waals surface area contributed by atoms with Crippen molar-refractivity contribution in [3.8, 4) is 0 Å². The lowest BCUT2D eigenvalue weighted by atomic mass is 9.93. The molecule has 1 aliphatic heterocycles. The van der Waals surface area contributed by atoms with Crippen molar-refractivity contribution in [2.45, 2.75) is 56.9 Å². The largest absolute Gasteiger partial charge is 0.466 e. The van der Waals surface area contributed by atoms with Crippen LogP contribution in [0.4, 0.5) is 4.39 Å². The number of piperidine rings is 1.